The SMILES string of the molecule is C=C1C=C(C)c2c(ccc3cc[nH]c23)O1. The van der Waals surface area contributed by atoms with Gasteiger partial charge in [-0.1, -0.05) is 6.58 Å². The highest BCUT2D eigenvalue weighted by Crippen LogP contribution is 2.37. The van der Waals surface area contributed by atoms with E-state index in [1.165, 1.54) is 11.0 Å². The second-order valence-corrected chi connectivity index (χ2v) is 3.78. The minimum Gasteiger partial charge on any atom is -0.457 e. The molecule has 2 heteroatoms. The number of nitrogens with one attached hydrogen (secondary N) is 1. The van der Waals surface area contributed by atoms with Crippen molar-refractivity contribution in [3.05, 3.63) is 48.4 Å². The van der Waals surface area contributed by atoms with Crippen molar-refractivity contribution >= 4 is 16.5 Å². The van der Waals surface area contributed by atoms with Gasteiger partial charge < -0.3 is 9.72 Å². The maximum absolute atomic E-state index is 5.59. The summed E-state index contributed by atoms with van der Waals surface area (Å²) in [5.74, 6) is 1.58. The third kappa shape index (κ3) is 1.11. The lowest BCUT2D eigenvalue weighted by Gasteiger charge is -2.18. The highest BCUT2D eigenvalue weighted by molar-refractivity contribution is 5.95. The second-order valence-electron chi connectivity index (χ2n) is 3.78. The first-order chi connectivity index (χ1) is 7.25. The molecule has 0 amide bonds. The predicted octanol–water partition coefficient (Wildman–Crippen LogP) is 3.48. The molecule has 74 valence electrons. The van der Waals surface area contributed by atoms with Crippen molar-refractivity contribution < 1.29 is 4.74 Å². The molecule has 0 aliphatic carbocycles. The molecule has 0 saturated heterocycles. The number of rotatable bonds is 0. The Balaban J connectivity index is 2.41. The summed E-state index contributed by atoms with van der Waals surface area (Å²) in [6.07, 6.45) is 3.91. The Morgan fingerprint density at radius 2 is 2.13 bits per heavy atom. The summed E-state index contributed by atoms with van der Waals surface area (Å²) in [7, 11) is 0. The van der Waals surface area contributed by atoms with Crippen LogP contribution >= 0.6 is 0 Å². The van der Waals surface area contributed by atoms with E-state index in [1.807, 2.05) is 18.3 Å². The molecule has 0 spiro atoms. The fourth-order valence-electron chi connectivity index (χ4n) is 2.07. The standard InChI is InChI=1S/C13H11NO/c1-8-7-9(2)15-11-4-3-10-5-6-14-13(10)12(8)11/h3-7,14H,2H2,1H3. The van der Waals surface area contributed by atoms with Crippen LogP contribution in [0.1, 0.15) is 12.5 Å². The van der Waals surface area contributed by atoms with Crippen LogP contribution in [0.4, 0.5) is 0 Å². The highest BCUT2D eigenvalue weighted by Gasteiger charge is 2.16. The Kier molecular flexibility index (Phi) is 1.54. The number of H-pyrrole nitrogens is 1. The zero-order chi connectivity index (χ0) is 10.4. The van der Waals surface area contributed by atoms with Crippen LogP contribution in [0, 0.1) is 0 Å². The van der Waals surface area contributed by atoms with E-state index in [-0.39, 0.29) is 0 Å². The highest BCUT2D eigenvalue weighted by atomic mass is 16.5. The Bertz CT molecular complexity index is 590. The predicted molar refractivity (Wildman–Crippen MR) is 61.7 cm³/mol. The number of hydrogen-bond donors (Lipinski definition) is 1. The molecule has 0 saturated carbocycles. The molecule has 1 aliphatic rings. The van der Waals surface area contributed by atoms with Crippen molar-refractivity contribution in [3.8, 4) is 5.75 Å². The van der Waals surface area contributed by atoms with E-state index in [0.717, 1.165) is 16.8 Å². The second kappa shape index (κ2) is 2.76. The van der Waals surface area contributed by atoms with Gasteiger partial charge in [-0.3, -0.25) is 0 Å². The molecule has 0 atom stereocenters. The number of hydrogen-bond acceptors (Lipinski definition) is 1. The summed E-state index contributed by atoms with van der Waals surface area (Å²) in [5.41, 5.74) is 3.47. The van der Waals surface area contributed by atoms with Gasteiger partial charge in [0.2, 0.25) is 0 Å². The van der Waals surface area contributed by atoms with Gasteiger partial charge >= 0.3 is 0 Å². The minimum absolute atomic E-state index is 0.700. The summed E-state index contributed by atoms with van der Waals surface area (Å²) in [5, 5.41) is 1.21. The Morgan fingerprint density at radius 1 is 1.27 bits per heavy atom. The van der Waals surface area contributed by atoms with Crippen molar-refractivity contribution in [2.45, 2.75) is 6.92 Å². The molecule has 0 unspecified atom stereocenters. The summed E-state index contributed by atoms with van der Waals surface area (Å²) in [4.78, 5) is 3.24. The zero-order valence-corrected chi connectivity index (χ0v) is 8.50. The van der Waals surface area contributed by atoms with Gasteiger partial charge in [0, 0.05) is 17.1 Å². The molecule has 1 N–H and O–H groups in total. The van der Waals surface area contributed by atoms with Crippen LogP contribution in [-0.2, 0) is 0 Å². The fraction of sp³-hybridized carbons (Fsp3) is 0.0769. The number of benzene rings is 1. The number of aromatic nitrogens is 1. The van der Waals surface area contributed by atoms with Crippen molar-refractivity contribution in [1.82, 2.24) is 4.98 Å². The average molecular weight is 197 g/mol. The van der Waals surface area contributed by atoms with E-state index in [1.54, 1.807) is 0 Å². The van der Waals surface area contributed by atoms with Crippen LogP contribution in [0.3, 0.4) is 0 Å². The third-order valence-electron chi connectivity index (χ3n) is 2.70. The van der Waals surface area contributed by atoms with Crippen molar-refractivity contribution in [1.29, 1.82) is 0 Å². The molecule has 0 radical (unpaired) electrons. The summed E-state index contributed by atoms with van der Waals surface area (Å²) in [6.45, 7) is 5.90. The largest absolute Gasteiger partial charge is 0.457 e. The number of ether oxygens (including phenoxy) is 1. The molecule has 1 aliphatic heterocycles. The van der Waals surface area contributed by atoms with Crippen LogP contribution in [0.5, 0.6) is 5.75 Å². The van der Waals surface area contributed by atoms with E-state index in [9.17, 15) is 0 Å². The lowest BCUT2D eigenvalue weighted by molar-refractivity contribution is 0.442. The van der Waals surface area contributed by atoms with Gasteiger partial charge in [-0.25, -0.2) is 0 Å². The molecule has 0 fully saturated rings. The monoisotopic (exact) mass is 197 g/mol. The summed E-state index contributed by atoms with van der Waals surface area (Å²) < 4.78 is 5.59. The van der Waals surface area contributed by atoms with Gasteiger partial charge in [-0.05, 0) is 36.8 Å². The molecule has 3 rings (SSSR count). The number of fused-ring (bicyclic) bond motifs is 3. The molecule has 15 heavy (non-hydrogen) atoms. The number of allylic oxidation sites excluding steroid dienone is 2. The van der Waals surface area contributed by atoms with E-state index in [2.05, 4.69) is 30.6 Å². The van der Waals surface area contributed by atoms with Crippen LogP contribution < -0.4 is 4.74 Å². The van der Waals surface area contributed by atoms with Gasteiger partial charge in [0.05, 0.1) is 5.52 Å². The summed E-state index contributed by atoms with van der Waals surface area (Å²) >= 11 is 0. The molecular weight excluding hydrogens is 186 g/mol. The molecule has 2 nitrogen and oxygen atoms in total. The Hall–Kier alpha value is -1.96. The quantitative estimate of drug-likeness (QED) is 0.687. The van der Waals surface area contributed by atoms with Gasteiger partial charge in [0.15, 0.2) is 0 Å². The zero-order valence-electron chi connectivity index (χ0n) is 8.50. The van der Waals surface area contributed by atoms with E-state index in [4.69, 9.17) is 4.74 Å². The molecule has 2 aromatic rings. The minimum atomic E-state index is 0.700. The van der Waals surface area contributed by atoms with Gasteiger partial charge in [-0.15, -0.1) is 0 Å². The van der Waals surface area contributed by atoms with Crippen molar-refractivity contribution in [3.63, 3.8) is 0 Å². The molecule has 2 heterocycles. The normalized spacial score (nSPS) is 14.7. The Labute approximate surface area is 87.9 Å². The molecule has 0 bridgehead atoms. The first-order valence-corrected chi connectivity index (χ1v) is 4.91. The maximum atomic E-state index is 5.59. The summed E-state index contributed by atoms with van der Waals surface area (Å²) in [6, 6.07) is 6.11. The van der Waals surface area contributed by atoms with Crippen LogP contribution in [-0.4, -0.2) is 4.98 Å². The van der Waals surface area contributed by atoms with Gasteiger partial charge in [0.1, 0.15) is 11.5 Å². The van der Waals surface area contributed by atoms with E-state index in [0.29, 0.717) is 5.76 Å². The first kappa shape index (κ1) is 8.36. The fourth-order valence-corrected chi connectivity index (χ4v) is 2.07. The van der Waals surface area contributed by atoms with Crippen molar-refractivity contribution in [2.24, 2.45) is 0 Å². The van der Waals surface area contributed by atoms with Crippen LogP contribution in [0.15, 0.2) is 42.8 Å². The maximum Gasteiger partial charge on any atom is 0.137 e. The Morgan fingerprint density at radius 3 is 3.00 bits per heavy atom. The number of aromatic amines is 1. The molecule has 1 aromatic carbocycles. The average Bonchev–Trinajstić information content (AvgIpc) is 2.63. The van der Waals surface area contributed by atoms with Crippen LogP contribution in [0.2, 0.25) is 0 Å². The topological polar surface area (TPSA) is 25.0 Å². The smallest absolute Gasteiger partial charge is 0.137 e. The van der Waals surface area contributed by atoms with Crippen molar-refractivity contribution in [2.75, 3.05) is 0 Å². The third-order valence-corrected chi connectivity index (χ3v) is 2.70. The van der Waals surface area contributed by atoms with E-state index >= 15 is 0 Å². The molecular formula is C13H11NO. The van der Waals surface area contributed by atoms with E-state index < -0.39 is 0 Å². The van der Waals surface area contributed by atoms with Gasteiger partial charge in [-0.2, -0.15) is 0 Å². The first-order valence-electron chi connectivity index (χ1n) is 4.91. The molecule has 1 aromatic heterocycles. The van der Waals surface area contributed by atoms with Crippen LogP contribution in [0.25, 0.3) is 16.5 Å². The van der Waals surface area contributed by atoms with Gasteiger partial charge in [0.25, 0.3) is 0 Å². The lowest BCUT2D eigenvalue weighted by atomic mass is 10.0. The lowest BCUT2D eigenvalue weighted by Crippen LogP contribution is -2.01.